The van der Waals surface area contributed by atoms with E-state index in [1.165, 1.54) is 7.11 Å². The van der Waals surface area contributed by atoms with Gasteiger partial charge in [0.1, 0.15) is 12.3 Å². The van der Waals surface area contributed by atoms with E-state index in [-0.39, 0.29) is 35.5 Å². The number of nitrogens with two attached hydrogens (primary N) is 1. The van der Waals surface area contributed by atoms with Gasteiger partial charge in [-0.05, 0) is 30.7 Å². The highest BCUT2D eigenvalue weighted by atomic mass is 16.6. The maximum atomic E-state index is 13.3. The summed E-state index contributed by atoms with van der Waals surface area (Å²) in [6.45, 7) is 1.77. The third-order valence-corrected chi connectivity index (χ3v) is 5.80. The van der Waals surface area contributed by atoms with Gasteiger partial charge in [0.2, 0.25) is 0 Å². The predicted octanol–water partition coefficient (Wildman–Crippen LogP) is 1.67. The monoisotopic (exact) mass is 393 g/mol. The minimum Gasteiger partial charge on any atom is -0.494 e. The molecule has 8 heteroatoms. The largest absolute Gasteiger partial charge is 0.494 e. The fourth-order valence-electron chi connectivity index (χ4n) is 4.32. The lowest BCUT2D eigenvalue weighted by atomic mass is 9.85. The molecule has 0 saturated heterocycles. The van der Waals surface area contributed by atoms with E-state index in [9.17, 15) is 14.7 Å². The summed E-state index contributed by atoms with van der Waals surface area (Å²) in [4.78, 5) is 30.4. The van der Waals surface area contributed by atoms with Gasteiger partial charge in [-0.2, -0.15) is 0 Å². The number of anilines is 1. The van der Waals surface area contributed by atoms with Gasteiger partial charge in [-0.1, -0.05) is 6.92 Å². The maximum Gasteiger partial charge on any atom is 0.343 e. The molecule has 8 nitrogen and oxygen atoms in total. The average molecular weight is 393 g/mol. The zero-order chi connectivity index (χ0) is 20.5. The van der Waals surface area contributed by atoms with Crippen molar-refractivity contribution >= 4 is 22.6 Å². The second-order valence-electron chi connectivity index (χ2n) is 7.36. The first-order valence-corrected chi connectivity index (χ1v) is 9.32. The number of methoxy groups -OCH3 is 1. The van der Waals surface area contributed by atoms with E-state index in [1.807, 2.05) is 18.2 Å². The SMILES string of the molecule is CC[C@@]1(O)C(=O)OCc2c1c(OC)c1n(c2=O)Cc2cc3cc(N)ccc3nc2-1. The predicted molar refractivity (Wildman–Crippen MR) is 105 cm³/mol. The number of carbonyl (C=O) groups is 1. The molecule has 0 radical (unpaired) electrons. The van der Waals surface area contributed by atoms with E-state index < -0.39 is 11.6 Å². The van der Waals surface area contributed by atoms with Gasteiger partial charge in [0.05, 0.1) is 36.0 Å². The van der Waals surface area contributed by atoms with E-state index in [0.717, 1.165) is 16.5 Å². The standard InChI is InChI=1S/C21H19N3O5/c1-3-21(27)15-13(9-29-20(21)26)19(25)24-8-11-6-10-7-12(22)4-5-14(10)23-16(11)17(24)18(15)28-2/h4-7,27H,3,8-9,22H2,1-2H3/t21-/m0/s1. The number of nitrogen functional groups attached to an aromatic ring is 1. The van der Waals surface area contributed by atoms with Crippen molar-refractivity contribution in [2.24, 2.45) is 0 Å². The molecule has 0 fully saturated rings. The topological polar surface area (TPSA) is 117 Å². The average Bonchev–Trinajstić information content (AvgIpc) is 3.08. The molecule has 2 aliphatic rings. The Bertz CT molecular complexity index is 1280. The molecule has 5 rings (SSSR count). The van der Waals surface area contributed by atoms with Gasteiger partial charge in [-0.15, -0.1) is 0 Å². The van der Waals surface area contributed by atoms with Crippen molar-refractivity contribution in [2.75, 3.05) is 12.8 Å². The van der Waals surface area contributed by atoms with Crippen molar-refractivity contribution in [3.05, 3.63) is 51.3 Å². The number of cyclic esters (lactones) is 1. The molecule has 0 aliphatic carbocycles. The molecule has 29 heavy (non-hydrogen) atoms. The molecule has 0 bridgehead atoms. The lowest BCUT2D eigenvalue weighted by Gasteiger charge is -2.33. The smallest absolute Gasteiger partial charge is 0.343 e. The highest BCUT2D eigenvalue weighted by molar-refractivity contribution is 5.89. The van der Waals surface area contributed by atoms with Crippen LogP contribution >= 0.6 is 0 Å². The minimum absolute atomic E-state index is 0.0510. The number of carbonyl (C=O) groups excluding carboxylic acids is 1. The number of aliphatic hydroxyl groups is 1. The number of esters is 1. The number of benzene rings is 1. The van der Waals surface area contributed by atoms with Crippen LogP contribution in [0.15, 0.2) is 29.1 Å². The molecular weight excluding hydrogens is 374 g/mol. The number of aromatic nitrogens is 2. The summed E-state index contributed by atoms with van der Waals surface area (Å²) in [7, 11) is 1.46. The molecule has 3 N–H and O–H groups in total. The van der Waals surface area contributed by atoms with Crippen LogP contribution in [0.25, 0.3) is 22.3 Å². The quantitative estimate of drug-likeness (QED) is 0.393. The molecule has 0 amide bonds. The molecule has 3 aromatic rings. The molecular formula is C21H19N3O5. The first-order chi connectivity index (χ1) is 13.9. The fraction of sp³-hybridized carbons (Fsp3) is 0.286. The number of hydrogen-bond donors (Lipinski definition) is 2. The van der Waals surface area contributed by atoms with Crippen LogP contribution in [-0.4, -0.2) is 27.7 Å². The summed E-state index contributed by atoms with van der Waals surface area (Å²) in [5, 5.41) is 12.0. The Balaban J connectivity index is 1.88. The van der Waals surface area contributed by atoms with Crippen LogP contribution in [0.3, 0.4) is 0 Å². The van der Waals surface area contributed by atoms with Crippen LogP contribution in [-0.2, 0) is 28.3 Å². The first kappa shape index (κ1) is 17.7. The van der Waals surface area contributed by atoms with Crippen molar-refractivity contribution < 1.29 is 19.4 Å². The fourth-order valence-corrected chi connectivity index (χ4v) is 4.32. The summed E-state index contributed by atoms with van der Waals surface area (Å²) in [6, 6.07) is 7.36. The van der Waals surface area contributed by atoms with Gasteiger partial charge in [-0.25, -0.2) is 9.78 Å². The molecule has 1 atom stereocenters. The van der Waals surface area contributed by atoms with Crippen LogP contribution < -0.4 is 16.0 Å². The van der Waals surface area contributed by atoms with Crippen molar-refractivity contribution in [2.45, 2.75) is 32.1 Å². The second-order valence-corrected chi connectivity index (χ2v) is 7.36. The number of ether oxygens (including phenoxy) is 2. The summed E-state index contributed by atoms with van der Waals surface area (Å²) >= 11 is 0. The summed E-state index contributed by atoms with van der Waals surface area (Å²) < 4.78 is 12.3. The number of nitrogens with zero attached hydrogens (tertiary/aromatic N) is 2. The van der Waals surface area contributed by atoms with Crippen molar-refractivity contribution in [1.29, 1.82) is 0 Å². The van der Waals surface area contributed by atoms with Crippen molar-refractivity contribution in [1.82, 2.24) is 9.55 Å². The summed E-state index contributed by atoms with van der Waals surface area (Å²) in [5.41, 5.74) is 7.29. The van der Waals surface area contributed by atoms with Gasteiger partial charge < -0.3 is 20.3 Å². The van der Waals surface area contributed by atoms with Crippen LogP contribution in [0.4, 0.5) is 5.69 Å². The Morgan fingerprint density at radius 1 is 1.34 bits per heavy atom. The van der Waals surface area contributed by atoms with Crippen LogP contribution in [0.2, 0.25) is 0 Å². The molecule has 0 unspecified atom stereocenters. The van der Waals surface area contributed by atoms with Crippen LogP contribution in [0.1, 0.15) is 30.0 Å². The third-order valence-electron chi connectivity index (χ3n) is 5.80. The van der Waals surface area contributed by atoms with E-state index >= 15 is 0 Å². The second kappa shape index (κ2) is 5.81. The Morgan fingerprint density at radius 2 is 2.14 bits per heavy atom. The number of rotatable bonds is 2. The Kier molecular flexibility index (Phi) is 3.54. The molecule has 1 aromatic carbocycles. The lowest BCUT2D eigenvalue weighted by molar-refractivity contribution is -0.172. The van der Waals surface area contributed by atoms with Crippen LogP contribution in [0.5, 0.6) is 5.75 Å². The molecule has 148 valence electrons. The minimum atomic E-state index is -1.94. The molecule has 0 saturated carbocycles. The highest BCUT2D eigenvalue weighted by Gasteiger charge is 2.48. The van der Waals surface area contributed by atoms with E-state index in [4.69, 9.17) is 20.2 Å². The van der Waals surface area contributed by atoms with Crippen molar-refractivity contribution in [3.8, 4) is 17.1 Å². The Hall–Kier alpha value is -3.39. The van der Waals surface area contributed by atoms with Gasteiger partial charge in [0.15, 0.2) is 11.4 Å². The van der Waals surface area contributed by atoms with Gasteiger partial charge >= 0.3 is 5.97 Å². The molecule has 2 aromatic heterocycles. The van der Waals surface area contributed by atoms with Gasteiger partial charge in [0, 0.05) is 16.6 Å². The van der Waals surface area contributed by atoms with Crippen LogP contribution in [0, 0.1) is 0 Å². The first-order valence-electron chi connectivity index (χ1n) is 9.32. The molecule has 4 heterocycles. The number of fused-ring (bicyclic) bond motifs is 5. The van der Waals surface area contributed by atoms with E-state index in [1.54, 1.807) is 17.6 Å². The summed E-state index contributed by atoms with van der Waals surface area (Å²) in [6.07, 6.45) is 0.0510. The molecule has 2 aliphatic heterocycles. The third kappa shape index (κ3) is 2.20. The van der Waals surface area contributed by atoms with Crippen molar-refractivity contribution in [3.63, 3.8) is 0 Å². The zero-order valence-electron chi connectivity index (χ0n) is 16.0. The van der Waals surface area contributed by atoms with E-state index in [0.29, 0.717) is 23.6 Å². The highest BCUT2D eigenvalue weighted by Crippen LogP contribution is 2.46. The van der Waals surface area contributed by atoms with Gasteiger partial charge in [0.25, 0.3) is 5.56 Å². The lowest BCUT2D eigenvalue weighted by Crippen LogP contribution is -2.44. The maximum absolute atomic E-state index is 13.3. The summed E-state index contributed by atoms with van der Waals surface area (Å²) in [5.74, 6) is -0.503. The van der Waals surface area contributed by atoms with Gasteiger partial charge in [-0.3, -0.25) is 9.36 Å². The Labute approximate surface area is 165 Å². The number of pyridine rings is 2. The zero-order valence-corrected chi connectivity index (χ0v) is 16.0. The Morgan fingerprint density at radius 3 is 2.86 bits per heavy atom. The number of hydrogen-bond acceptors (Lipinski definition) is 7. The normalized spacial score (nSPS) is 19.5. The molecule has 0 spiro atoms. The van der Waals surface area contributed by atoms with E-state index in [2.05, 4.69) is 0 Å².